The highest BCUT2D eigenvalue weighted by Gasteiger charge is 2.48. The lowest BCUT2D eigenvalue weighted by Gasteiger charge is -2.53. The molecule has 3 rings (SSSR count). The fourth-order valence-corrected chi connectivity index (χ4v) is 4.79. The van der Waals surface area contributed by atoms with Crippen LogP contribution in [0.25, 0.3) is 0 Å². The number of hydrogen-bond acceptors (Lipinski definition) is 2. The Balaban J connectivity index is 2.04. The maximum atomic E-state index is 6.21. The molecule has 0 bridgehead atoms. The third kappa shape index (κ3) is 4.13. The number of rotatable bonds is 8. The van der Waals surface area contributed by atoms with Crippen LogP contribution in [-0.2, 0) is 5.54 Å². The Bertz CT molecular complexity index is 566. The SMILES string of the molecule is C=CCN(CC1CC1)C1(c2ccc(Cl)cc2)CCC(C)CC1NCC. The predicted octanol–water partition coefficient (Wildman–Crippen LogP) is 5.23. The molecule has 2 aliphatic rings. The Morgan fingerprint density at radius 2 is 2.00 bits per heavy atom. The normalized spacial score (nSPS) is 29.8. The summed E-state index contributed by atoms with van der Waals surface area (Å²) in [4.78, 5) is 2.72. The van der Waals surface area contributed by atoms with Crippen LogP contribution >= 0.6 is 11.6 Å². The second-order valence-electron chi connectivity index (χ2n) is 8.06. The summed E-state index contributed by atoms with van der Waals surface area (Å²) in [5.74, 6) is 1.64. The van der Waals surface area contributed by atoms with Crippen molar-refractivity contribution in [2.45, 2.75) is 57.5 Å². The summed E-state index contributed by atoms with van der Waals surface area (Å²) in [5, 5.41) is 4.66. The van der Waals surface area contributed by atoms with E-state index in [1.54, 1.807) is 0 Å². The minimum absolute atomic E-state index is 0.0455. The van der Waals surface area contributed by atoms with Gasteiger partial charge in [-0.3, -0.25) is 4.90 Å². The quantitative estimate of drug-likeness (QED) is 0.638. The molecule has 0 aliphatic heterocycles. The molecule has 138 valence electrons. The molecule has 1 aromatic rings. The van der Waals surface area contributed by atoms with Gasteiger partial charge in [-0.2, -0.15) is 0 Å². The third-order valence-corrected chi connectivity index (χ3v) is 6.37. The number of nitrogens with one attached hydrogen (secondary N) is 1. The summed E-state index contributed by atoms with van der Waals surface area (Å²) < 4.78 is 0. The van der Waals surface area contributed by atoms with E-state index in [1.807, 2.05) is 0 Å². The maximum absolute atomic E-state index is 6.21. The van der Waals surface area contributed by atoms with Crippen molar-refractivity contribution in [3.8, 4) is 0 Å². The fraction of sp³-hybridized carbons (Fsp3) is 0.636. The van der Waals surface area contributed by atoms with Gasteiger partial charge >= 0.3 is 0 Å². The molecule has 2 aliphatic carbocycles. The van der Waals surface area contributed by atoms with E-state index < -0.39 is 0 Å². The molecule has 2 nitrogen and oxygen atoms in total. The molecular weight excluding hydrogens is 328 g/mol. The summed E-state index contributed by atoms with van der Waals surface area (Å²) >= 11 is 6.21. The molecule has 1 N–H and O–H groups in total. The van der Waals surface area contributed by atoms with Crippen LogP contribution in [0, 0.1) is 11.8 Å². The van der Waals surface area contributed by atoms with Crippen LogP contribution in [0.15, 0.2) is 36.9 Å². The van der Waals surface area contributed by atoms with Gasteiger partial charge in [0.15, 0.2) is 0 Å². The lowest BCUT2D eigenvalue weighted by molar-refractivity contribution is 0.00762. The predicted molar refractivity (Wildman–Crippen MR) is 108 cm³/mol. The second kappa shape index (κ2) is 8.24. The van der Waals surface area contributed by atoms with Gasteiger partial charge in [-0.05, 0) is 68.2 Å². The molecule has 2 fully saturated rings. The molecule has 0 spiro atoms. The first-order valence-electron chi connectivity index (χ1n) is 9.95. The molecular formula is C22H33ClN2. The summed E-state index contributed by atoms with van der Waals surface area (Å²) in [7, 11) is 0. The Morgan fingerprint density at radius 3 is 2.60 bits per heavy atom. The molecule has 0 heterocycles. The molecule has 3 heteroatoms. The minimum Gasteiger partial charge on any atom is -0.312 e. The van der Waals surface area contributed by atoms with Crippen molar-refractivity contribution in [2.24, 2.45) is 11.8 Å². The first-order valence-corrected chi connectivity index (χ1v) is 10.3. The monoisotopic (exact) mass is 360 g/mol. The van der Waals surface area contributed by atoms with Crippen molar-refractivity contribution in [3.05, 3.63) is 47.5 Å². The number of benzene rings is 1. The average molecular weight is 361 g/mol. The maximum Gasteiger partial charge on any atom is 0.0617 e. The largest absolute Gasteiger partial charge is 0.312 e. The van der Waals surface area contributed by atoms with Crippen molar-refractivity contribution >= 4 is 11.6 Å². The molecule has 0 radical (unpaired) electrons. The standard InChI is InChI=1S/C22H33ClN2/c1-4-14-25(16-18-6-7-18)22(19-8-10-20(23)11-9-19)13-12-17(3)15-21(22)24-5-2/h4,8-11,17-18,21,24H,1,5-7,12-16H2,2-3H3. The summed E-state index contributed by atoms with van der Waals surface area (Å²) in [6.45, 7) is 11.8. The van der Waals surface area contributed by atoms with Crippen LogP contribution < -0.4 is 5.32 Å². The van der Waals surface area contributed by atoms with Crippen LogP contribution in [0.3, 0.4) is 0 Å². The highest BCUT2D eigenvalue weighted by atomic mass is 35.5. The van der Waals surface area contributed by atoms with Gasteiger partial charge in [0.25, 0.3) is 0 Å². The van der Waals surface area contributed by atoms with Gasteiger partial charge < -0.3 is 5.32 Å². The molecule has 0 amide bonds. The molecule has 0 saturated heterocycles. The van der Waals surface area contributed by atoms with Gasteiger partial charge in [0, 0.05) is 24.2 Å². The number of likely N-dealkylation sites (N-methyl/N-ethyl adjacent to an activating group) is 1. The second-order valence-corrected chi connectivity index (χ2v) is 8.49. The van der Waals surface area contributed by atoms with E-state index >= 15 is 0 Å². The van der Waals surface area contributed by atoms with Crippen LogP contribution in [0.1, 0.15) is 51.5 Å². The van der Waals surface area contributed by atoms with E-state index in [9.17, 15) is 0 Å². The van der Waals surface area contributed by atoms with E-state index in [1.165, 1.54) is 44.2 Å². The van der Waals surface area contributed by atoms with E-state index in [0.29, 0.717) is 6.04 Å². The van der Waals surface area contributed by atoms with Gasteiger partial charge in [0.05, 0.1) is 5.54 Å². The van der Waals surface area contributed by atoms with Crippen LogP contribution in [-0.4, -0.2) is 30.6 Å². The van der Waals surface area contributed by atoms with Gasteiger partial charge in [-0.15, -0.1) is 6.58 Å². The Hall–Kier alpha value is -0.830. The van der Waals surface area contributed by atoms with Gasteiger partial charge in [0.1, 0.15) is 0 Å². The van der Waals surface area contributed by atoms with Crippen molar-refractivity contribution in [1.29, 1.82) is 0 Å². The van der Waals surface area contributed by atoms with Crippen LogP contribution in [0.2, 0.25) is 5.02 Å². The highest BCUT2D eigenvalue weighted by Crippen LogP contribution is 2.46. The fourth-order valence-electron chi connectivity index (χ4n) is 4.67. The van der Waals surface area contributed by atoms with Crippen molar-refractivity contribution < 1.29 is 0 Å². The number of nitrogens with zero attached hydrogens (tertiary/aromatic N) is 1. The van der Waals surface area contributed by atoms with E-state index in [2.05, 4.69) is 61.0 Å². The highest BCUT2D eigenvalue weighted by molar-refractivity contribution is 6.30. The minimum atomic E-state index is 0.0455. The summed E-state index contributed by atoms with van der Waals surface area (Å²) in [6.07, 6.45) is 8.56. The topological polar surface area (TPSA) is 15.3 Å². The molecule has 2 saturated carbocycles. The smallest absolute Gasteiger partial charge is 0.0617 e. The third-order valence-electron chi connectivity index (χ3n) is 6.12. The van der Waals surface area contributed by atoms with E-state index in [-0.39, 0.29) is 5.54 Å². The molecule has 3 atom stereocenters. The summed E-state index contributed by atoms with van der Waals surface area (Å²) in [6, 6.07) is 9.10. The van der Waals surface area contributed by atoms with Crippen LogP contribution in [0.5, 0.6) is 0 Å². The molecule has 1 aromatic carbocycles. The average Bonchev–Trinajstić information content (AvgIpc) is 3.41. The van der Waals surface area contributed by atoms with Crippen LogP contribution in [0.4, 0.5) is 0 Å². The summed E-state index contributed by atoms with van der Waals surface area (Å²) in [5.41, 5.74) is 1.46. The Kier molecular flexibility index (Phi) is 6.25. The van der Waals surface area contributed by atoms with Gasteiger partial charge in [0.2, 0.25) is 0 Å². The molecule has 25 heavy (non-hydrogen) atoms. The Morgan fingerprint density at radius 1 is 1.28 bits per heavy atom. The zero-order valence-electron chi connectivity index (χ0n) is 15.8. The van der Waals surface area contributed by atoms with Gasteiger partial charge in [-0.1, -0.05) is 43.7 Å². The Labute approximate surface area is 158 Å². The van der Waals surface area contributed by atoms with E-state index in [0.717, 1.165) is 29.9 Å². The first-order chi connectivity index (χ1) is 12.1. The number of halogens is 1. The zero-order chi connectivity index (χ0) is 17.9. The lowest BCUT2D eigenvalue weighted by atomic mass is 9.68. The number of hydrogen-bond donors (Lipinski definition) is 1. The molecule has 0 aromatic heterocycles. The van der Waals surface area contributed by atoms with Crippen molar-refractivity contribution in [2.75, 3.05) is 19.6 Å². The lowest BCUT2D eigenvalue weighted by Crippen LogP contribution is -2.61. The van der Waals surface area contributed by atoms with Crippen molar-refractivity contribution in [1.82, 2.24) is 10.2 Å². The van der Waals surface area contributed by atoms with Crippen molar-refractivity contribution in [3.63, 3.8) is 0 Å². The van der Waals surface area contributed by atoms with E-state index in [4.69, 9.17) is 11.6 Å². The first kappa shape index (κ1) is 18.9. The zero-order valence-corrected chi connectivity index (χ0v) is 16.6. The van der Waals surface area contributed by atoms with Gasteiger partial charge in [-0.25, -0.2) is 0 Å². The molecule has 3 unspecified atom stereocenters.